The normalized spacial score (nSPS) is 23.2. The minimum Gasteiger partial charge on any atom is -0.463 e. The first-order valence-corrected chi connectivity index (χ1v) is 25.7. The molecule has 5 rings (SSSR count). The van der Waals surface area contributed by atoms with Crippen LogP contribution in [0, 0.1) is 0 Å². The third-order valence-electron chi connectivity index (χ3n) is 12.4. The van der Waals surface area contributed by atoms with Gasteiger partial charge in [0.05, 0.1) is 13.2 Å². The summed E-state index contributed by atoms with van der Waals surface area (Å²) >= 11 is 0. The van der Waals surface area contributed by atoms with Gasteiger partial charge in [-0.1, -0.05) is 53.6 Å². The number of amides is 5. The maximum Gasteiger partial charge on any atom is 0.407 e. The Bertz CT molecular complexity index is 2680. The van der Waals surface area contributed by atoms with Crippen molar-refractivity contribution in [3.63, 3.8) is 0 Å². The van der Waals surface area contributed by atoms with E-state index in [0.717, 1.165) is 77.6 Å². The van der Waals surface area contributed by atoms with Crippen molar-refractivity contribution in [2.24, 2.45) is 5.11 Å². The predicted molar refractivity (Wildman–Crippen MR) is 275 cm³/mol. The van der Waals surface area contributed by atoms with E-state index in [1.165, 1.54) is 0 Å². The zero-order valence-electron chi connectivity index (χ0n) is 46.1. The molecule has 5 amide bonds. The molecule has 1 aliphatic carbocycles. The highest BCUT2D eigenvalue weighted by Gasteiger charge is 2.53. The van der Waals surface area contributed by atoms with E-state index in [9.17, 15) is 52.7 Å². The van der Waals surface area contributed by atoms with E-state index in [1.807, 2.05) is 48.5 Å². The number of nitrogens with one attached hydrogen (secondary N) is 5. The Morgan fingerprint density at radius 1 is 0.549 bits per heavy atom. The molecule has 82 heavy (non-hydrogen) atoms. The number of benzene rings is 2. The fourth-order valence-corrected chi connectivity index (χ4v) is 9.20. The summed E-state index contributed by atoms with van der Waals surface area (Å²) in [5.41, 5.74) is 12.3. The first-order valence-electron chi connectivity index (χ1n) is 25.7. The van der Waals surface area contributed by atoms with Crippen molar-refractivity contribution in [1.29, 1.82) is 0 Å². The van der Waals surface area contributed by atoms with E-state index < -0.39 is 171 Å². The summed E-state index contributed by atoms with van der Waals surface area (Å²) in [6, 6.07) is 8.20. The van der Waals surface area contributed by atoms with Gasteiger partial charge in [0.1, 0.15) is 56.2 Å². The van der Waals surface area contributed by atoms with Crippen molar-refractivity contribution in [3.05, 3.63) is 70.1 Å². The summed E-state index contributed by atoms with van der Waals surface area (Å²) in [5.74, 6) is -9.27. The number of fused-ring (bicyclic) bond motifs is 3. The lowest BCUT2D eigenvalue weighted by atomic mass is 9.96. The van der Waals surface area contributed by atoms with Gasteiger partial charge in [0.2, 0.25) is 23.6 Å². The zero-order valence-corrected chi connectivity index (χ0v) is 46.1. The number of alkyl carbamates (subject to hydrolysis) is 1. The monoisotopic (exact) mass is 1150 g/mol. The fraction of sp³-hybridized carbons (Fsp3) is 0.558. The van der Waals surface area contributed by atoms with Crippen LogP contribution in [0.2, 0.25) is 0 Å². The van der Waals surface area contributed by atoms with E-state index >= 15 is 0 Å². The Kier molecular flexibility index (Phi) is 24.3. The highest BCUT2D eigenvalue weighted by Crippen LogP contribution is 2.44. The van der Waals surface area contributed by atoms with Gasteiger partial charge in [-0.25, -0.2) is 4.79 Å². The lowest BCUT2D eigenvalue weighted by molar-refractivity contribution is -0.278. The molecule has 12 atom stereocenters. The smallest absolute Gasteiger partial charge is 0.407 e. The van der Waals surface area contributed by atoms with Crippen LogP contribution in [0.4, 0.5) is 4.79 Å². The van der Waals surface area contributed by atoms with Gasteiger partial charge >= 0.3 is 41.9 Å². The minimum absolute atomic E-state index is 0.0583. The van der Waals surface area contributed by atoms with Crippen molar-refractivity contribution in [1.82, 2.24) is 26.6 Å². The average molecular weight is 1160 g/mol. The Balaban J connectivity index is 1.53. The van der Waals surface area contributed by atoms with Crippen LogP contribution in [0.1, 0.15) is 78.9 Å². The molecule has 0 unspecified atom stereocenters. The molecule has 5 N–H and O–H groups in total. The van der Waals surface area contributed by atoms with E-state index in [2.05, 4.69) is 36.6 Å². The minimum atomic E-state index is -1.90. The molecule has 0 spiro atoms. The van der Waals surface area contributed by atoms with Crippen molar-refractivity contribution < 1.29 is 105 Å². The number of carbonyl (C=O) groups excluding carboxylic acids is 11. The molecule has 2 fully saturated rings. The van der Waals surface area contributed by atoms with Gasteiger partial charge in [-0.05, 0) is 34.2 Å². The maximum atomic E-state index is 14.8. The highest BCUT2D eigenvalue weighted by molar-refractivity contribution is 5.91. The van der Waals surface area contributed by atoms with E-state index in [0.29, 0.717) is 0 Å². The lowest BCUT2D eigenvalue weighted by Crippen LogP contribution is -2.67. The first-order chi connectivity index (χ1) is 39.0. The molecule has 3 aliphatic rings. The summed E-state index contributed by atoms with van der Waals surface area (Å²) in [7, 11) is 0. The van der Waals surface area contributed by atoms with Gasteiger partial charge < -0.3 is 78.7 Å². The van der Waals surface area contributed by atoms with Crippen LogP contribution in [-0.4, -0.2) is 185 Å². The van der Waals surface area contributed by atoms with Crippen molar-refractivity contribution >= 4 is 65.5 Å². The van der Waals surface area contributed by atoms with Crippen LogP contribution in [-0.2, 0) is 100 Å². The molecule has 2 heterocycles. The van der Waals surface area contributed by atoms with Gasteiger partial charge in [-0.15, -0.1) is 0 Å². The molecular weight excluding hydrogens is 1090 g/mol. The molecule has 0 aromatic heterocycles. The number of hydrogen-bond acceptors (Lipinski definition) is 23. The quantitative estimate of drug-likeness (QED) is 0.0214. The molecule has 30 nitrogen and oxygen atoms in total. The van der Waals surface area contributed by atoms with Crippen molar-refractivity contribution in [2.75, 3.05) is 46.1 Å². The Hall–Kier alpha value is -8.44. The Morgan fingerprint density at radius 3 is 1.39 bits per heavy atom. The fourth-order valence-electron chi connectivity index (χ4n) is 9.20. The largest absolute Gasteiger partial charge is 0.463 e. The molecule has 2 saturated heterocycles. The van der Waals surface area contributed by atoms with Gasteiger partial charge in [-0.2, -0.15) is 0 Å². The van der Waals surface area contributed by atoms with E-state index in [4.69, 9.17) is 57.6 Å². The molecular formula is C52H66N8O22. The maximum absolute atomic E-state index is 14.8. The summed E-state index contributed by atoms with van der Waals surface area (Å²) in [6.45, 7) is 5.01. The Morgan fingerprint density at radius 2 is 0.976 bits per heavy atom. The molecule has 2 aromatic carbocycles. The summed E-state index contributed by atoms with van der Waals surface area (Å²) in [6.07, 6.45) is -13.7. The topological polar surface area (TPSA) is 398 Å². The number of esters is 6. The zero-order chi connectivity index (χ0) is 60.2. The molecule has 2 aromatic rings. The summed E-state index contributed by atoms with van der Waals surface area (Å²) in [4.78, 5) is 145. The third-order valence-corrected chi connectivity index (χ3v) is 12.4. The molecule has 2 aliphatic heterocycles. The van der Waals surface area contributed by atoms with Crippen LogP contribution in [0.3, 0.4) is 0 Å². The van der Waals surface area contributed by atoms with Crippen LogP contribution < -0.4 is 26.6 Å². The second kappa shape index (κ2) is 31.0. The van der Waals surface area contributed by atoms with Gasteiger partial charge in [0.25, 0.3) is 0 Å². The number of ether oxygens (including phenoxy) is 11. The SMILES string of the molecule is CC(=O)N[C@H]1[C@@H](OC[C@H](NC(=O)OCC2c3ccccc3-c3ccccc32)C(=O)N[C@@H](CO[C@H]2O[C@H](COC(C)=O)[C@H](OC(C)=O)[C@H](OC(C)=O)[C@H]2NC(C)=O)C(=O)NCCCN=[N+]=[N-])O[C@H](COC(C)=O)[C@H](OC(C)=O)[C@@H]1OC(C)=O. The Labute approximate surface area is 469 Å². The number of rotatable bonds is 26. The number of nitrogens with zero attached hydrogens (tertiary/aromatic N) is 3. The second-order valence-electron chi connectivity index (χ2n) is 18.8. The number of carbonyl (C=O) groups is 11. The predicted octanol–water partition coefficient (Wildman–Crippen LogP) is 0.541. The lowest BCUT2D eigenvalue weighted by Gasteiger charge is -2.45. The number of azide groups is 1. The summed E-state index contributed by atoms with van der Waals surface area (Å²) in [5, 5.41) is 16.0. The second-order valence-corrected chi connectivity index (χ2v) is 18.8. The van der Waals surface area contributed by atoms with Crippen LogP contribution in [0.5, 0.6) is 0 Å². The molecule has 446 valence electrons. The third kappa shape index (κ3) is 18.8. The summed E-state index contributed by atoms with van der Waals surface area (Å²) < 4.78 is 62.6. The molecule has 0 radical (unpaired) electrons. The standard InChI is InChI=1S/C52H66N8O22/c1-25(61)56-42-46(79-31(7)67)44(77-29(5)65)40(23-72-27(3)63)81-50(42)74-21-38(48(69)54-18-13-19-55-60-53)58-49(70)39(59-52(71)76-20-37-35-16-11-9-14-33(35)34-15-10-12-17-36(34)37)22-75-51-43(57-26(2)62)47(80-32(8)68)45(78-30(6)66)41(82-51)24-73-28(4)64/h9-12,14-17,37-47,50-51H,13,18-24H2,1-8H3,(H,54,69)(H,56,61)(H,57,62)(H,58,70)(H,59,71)/t38-,39-,40+,41+,42+,43+,44-,45-,46+,47+,50-,51-/m0/s1. The van der Waals surface area contributed by atoms with E-state index in [-0.39, 0.29) is 26.1 Å². The van der Waals surface area contributed by atoms with Gasteiger partial charge in [0.15, 0.2) is 37.0 Å². The highest BCUT2D eigenvalue weighted by atomic mass is 16.7. The number of hydrogen-bond donors (Lipinski definition) is 5. The molecule has 0 saturated carbocycles. The molecule has 0 bridgehead atoms. The van der Waals surface area contributed by atoms with Crippen LogP contribution >= 0.6 is 0 Å². The average Bonchev–Trinajstić information content (AvgIpc) is 3.92. The van der Waals surface area contributed by atoms with Crippen LogP contribution in [0.25, 0.3) is 21.6 Å². The first kappa shape index (κ1) is 64.4. The van der Waals surface area contributed by atoms with Crippen molar-refractivity contribution in [2.45, 2.75) is 141 Å². The van der Waals surface area contributed by atoms with Gasteiger partial charge in [-0.3, -0.25) is 47.9 Å². The molecule has 30 heteroatoms. The van der Waals surface area contributed by atoms with Gasteiger partial charge in [0, 0.05) is 79.3 Å². The van der Waals surface area contributed by atoms with Crippen molar-refractivity contribution in [3.8, 4) is 11.1 Å². The van der Waals surface area contributed by atoms with Crippen LogP contribution in [0.15, 0.2) is 53.6 Å². The van der Waals surface area contributed by atoms with E-state index in [1.54, 1.807) is 0 Å².